The average molecular weight is 542 g/mol. The zero-order valence-electron chi connectivity index (χ0n) is 19.6. The molecule has 3 aromatic rings. The van der Waals surface area contributed by atoms with E-state index >= 15 is 0 Å². The molecule has 0 unspecified atom stereocenters. The molecular formula is C24H30Cl2N4O4S. The third-order valence-electron chi connectivity index (χ3n) is 4.89. The Bertz CT molecular complexity index is 1250. The molecule has 0 bridgehead atoms. The molecule has 3 rings (SSSR count). The number of ether oxygens (including phenoxy) is 1. The molecule has 190 valence electrons. The van der Waals surface area contributed by atoms with Crippen LogP contribution in [0.25, 0.3) is 11.1 Å². The lowest BCUT2D eigenvalue weighted by molar-refractivity contribution is 0.0827. The molecule has 4 N–H and O–H groups in total. The lowest BCUT2D eigenvalue weighted by atomic mass is 10.0. The van der Waals surface area contributed by atoms with Crippen LogP contribution in [-0.4, -0.2) is 53.5 Å². The summed E-state index contributed by atoms with van der Waals surface area (Å²) < 4.78 is 34.5. The zero-order chi connectivity index (χ0) is 24.0. The third-order valence-corrected chi connectivity index (χ3v) is 6.29. The highest BCUT2D eigenvalue weighted by Crippen LogP contribution is 2.32. The molecule has 0 aliphatic rings. The first kappa shape index (κ1) is 30.1. The van der Waals surface area contributed by atoms with E-state index in [1.807, 2.05) is 12.1 Å². The number of hydrogen-bond acceptors (Lipinski definition) is 6. The first-order valence-corrected chi connectivity index (χ1v) is 11.8. The number of nitrogens with zero attached hydrogens (tertiary/aromatic N) is 1. The molecule has 0 aliphatic heterocycles. The second-order valence-corrected chi connectivity index (χ2v) is 9.20. The fourth-order valence-electron chi connectivity index (χ4n) is 3.28. The molecule has 0 aromatic heterocycles. The van der Waals surface area contributed by atoms with E-state index in [4.69, 9.17) is 10.5 Å². The second-order valence-electron chi connectivity index (χ2n) is 7.55. The van der Waals surface area contributed by atoms with Crippen LogP contribution in [0.1, 0.15) is 10.4 Å². The molecule has 0 atom stereocenters. The molecule has 0 aliphatic carbocycles. The van der Waals surface area contributed by atoms with Crippen molar-refractivity contribution in [2.24, 2.45) is 5.73 Å². The van der Waals surface area contributed by atoms with Crippen molar-refractivity contribution in [1.82, 2.24) is 4.90 Å². The van der Waals surface area contributed by atoms with Gasteiger partial charge in [0.1, 0.15) is 10.6 Å². The van der Waals surface area contributed by atoms with Crippen LogP contribution in [-0.2, 0) is 10.0 Å². The number of carbonyl (C=O) groups is 1. The first-order valence-electron chi connectivity index (χ1n) is 10.3. The van der Waals surface area contributed by atoms with Crippen LogP contribution in [0.5, 0.6) is 5.75 Å². The van der Waals surface area contributed by atoms with Crippen LogP contribution in [0.2, 0.25) is 0 Å². The normalized spacial score (nSPS) is 10.4. The van der Waals surface area contributed by atoms with E-state index in [1.165, 1.54) is 18.1 Å². The number of halogens is 2. The van der Waals surface area contributed by atoms with Crippen LogP contribution >= 0.6 is 24.8 Å². The molecule has 0 radical (unpaired) electrons. The molecule has 0 saturated carbocycles. The second kappa shape index (κ2) is 13.2. The van der Waals surface area contributed by atoms with E-state index < -0.39 is 10.0 Å². The topological polar surface area (TPSA) is 114 Å². The minimum atomic E-state index is -3.97. The van der Waals surface area contributed by atoms with Crippen LogP contribution in [0.3, 0.4) is 0 Å². The van der Waals surface area contributed by atoms with Crippen LogP contribution in [0.15, 0.2) is 71.6 Å². The summed E-state index contributed by atoms with van der Waals surface area (Å²) in [6.07, 6.45) is 0. The van der Waals surface area contributed by atoms with Gasteiger partial charge in [0, 0.05) is 38.4 Å². The van der Waals surface area contributed by atoms with E-state index in [0.717, 1.165) is 11.3 Å². The molecule has 3 aromatic carbocycles. The highest BCUT2D eigenvalue weighted by molar-refractivity contribution is 7.92. The summed E-state index contributed by atoms with van der Waals surface area (Å²) in [5, 5.41) is 3.12. The van der Waals surface area contributed by atoms with Crippen LogP contribution in [0, 0.1) is 0 Å². The summed E-state index contributed by atoms with van der Waals surface area (Å²) in [5.74, 6) is 0.0761. The number of carbonyl (C=O) groups excluding carboxylic acids is 1. The van der Waals surface area contributed by atoms with Crippen molar-refractivity contribution >= 4 is 52.1 Å². The summed E-state index contributed by atoms with van der Waals surface area (Å²) in [6.45, 7) is 1.03. The SMILES string of the molecule is COc1ccc(-c2cccc(C(=O)N(C)C)c2)cc1S(=O)(=O)Nc1cccc(NCCN)c1.Cl.Cl. The molecular weight excluding hydrogens is 511 g/mol. The monoisotopic (exact) mass is 540 g/mol. The lowest BCUT2D eigenvalue weighted by Crippen LogP contribution is -2.21. The van der Waals surface area contributed by atoms with Gasteiger partial charge in [-0.2, -0.15) is 0 Å². The molecule has 0 heterocycles. The molecule has 35 heavy (non-hydrogen) atoms. The van der Waals surface area contributed by atoms with E-state index in [1.54, 1.807) is 62.6 Å². The van der Waals surface area contributed by atoms with Gasteiger partial charge in [0.25, 0.3) is 15.9 Å². The predicted octanol–water partition coefficient (Wildman–Crippen LogP) is 4.08. The highest BCUT2D eigenvalue weighted by Gasteiger charge is 2.21. The van der Waals surface area contributed by atoms with Crippen molar-refractivity contribution in [3.8, 4) is 16.9 Å². The molecule has 1 amide bonds. The van der Waals surface area contributed by atoms with Crippen molar-refractivity contribution in [2.75, 3.05) is 44.3 Å². The number of nitrogens with two attached hydrogens (primary N) is 1. The highest BCUT2D eigenvalue weighted by atomic mass is 35.5. The number of sulfonamides is 1. The number of nitrogens with one attached hydrogen (secondary N) is 2. The number of methoxy groups -OCH3 is 1. The number of amides is 1. The Kier molecular flexibility index (Phi) is 11.3. The minimum Gasteiger partial charge on any atom is -0.495 e. The van der Waals surface area contributed by atoms with Gasteiger partial charge in [0.15, 0.2) is 0 Å². The Hall–Kier alpha value is -2.98. The fraction of sp³-hybridized carbons (Fsp3) is 0.208. The van der Waals surface area contributed by atoms with E-state index in [-0.39, 0.29) is 41.4 Å². The van der Waals surface area contributed by atoms with Crippen molar-refractivity contribution < 1.29 is 17.9 Å². The fourth-order valence-corrected chi connectivity index (χ4v) is 4.52. The number of benzene rings is 3. The van der Waals surface area contributed by atoms with Crippen molar-refractivity contribution in [3.63, 3.8) is 0 Å². The Morgan fingerprint density at radius 2 is 1.60 bits per heavy atom. The van der Waals surface area contributed by atoms with Gasteiger partial charge >= 0.3 is 0 Å². The Morgan fingerprint density at radius 1 is 0.943 bits per heavy atom. The van der Waals surface area contributed by atoms with Crippen molar-refractivity contribution in [1.29, 1.82) is 0 Å². The van der Waals surface area contributed by atoms with Gasteiger partial charge in [-0.25, -0.2) is 8.42 Å². The van der Waals surface area contributed by atoms with Gasteiger partial charge in [-0.15, -0.1) is 24.8 Å². The molecule has 0 spiro atoms. The average Bonchev–Trinajstić information content (AvgIpc) is 2.81. The summed E-state index contributed by atoms with van der Waals surface area (Å²) in [4.78, 5) is 13.8. The minimum absolute atomic E-state index is 0. The van der Waals surface area contributed by atoms with Crippen molar-refractivity contribution in [3.05, 3.63) is 72.3 Å². The summed E-state index contributed by atoms with van der Waals surface area (Å²) in [6, 6.07) is 18.9. The molecule has 0 saturated heterocycles. The smallest absolute Gasteiger partial charge is 0.265 e. The van der Waals surface area contributed by atoms with E-state index in [2.05, 4.69) is 10.0 Å². The zero-order valence-corrected chi connectivity index (χ0v) is 22.1. The predicted molar refractivity (Wildman–Crippen MR) is 146 cm³/mol. The number of anilines is 2. The van der Waals surface area contributed by atoms with E-state index in [0.29, 0.717) is 29.9 Å². The summed E-state index contributed by atoms with van der Waals surface area (Å²) in [7, 11) is 0.812. The number of hydrogen-bond donors (Lipinski definition) is 3. The van der Waals surface area contributed by atoms with Crippen LogP contribution in [0.4, 0.5) is 11.4 Å². The van der Waals surface area contributed by atoms with Gasteiger partial charge in [-0.05, 0) is 53.6 Å². The molecule has 11 heteroatoms. The van der Waals surface area contributed by atoms with E-state index in [9.17, 15) is 13.2 Å². The van der Waals surface area contributed by atoms with Gasteiger partial charge in [-0.3, -0.25) is 9.52 Å². The Morgan fingerprint density at radius 3 is 2.26 bits per heavy atom. The molecule has 8 nitrogen and oxygen atoms in total. The maximum Gasteiger partial charge on any atom is 0.265 e. The maximum absolute atomic E-state index is 13.3. The number of rotatable bonds is 9. The largest absolute Gasteiger partial charge is 0.495 e. The van der Waals surface area contributed by atoms with Gasteiger partial charge in [0.05, 0.1) is 12.8 Å². The van der Waals surface area contributed by atoms with Gasteiger partial charge in [0.2, 0.25) is 0 Å². The Balaban J connectivity index is 0.00000306. The lowest BCUT2D eigenvalue weighted by Gasteiger charge is -2.15. The third kappa shape index (κ3) is 7.50. The van der Waals surface area contributed by atoms with Gasteiger partial charge < -0.3 is 20.7 Å². The van der Waals surface area contributed by atoms with Crippen LogP contribution < -0.4 is 20.5 Å². The summed E-state index contributed by atoms with van der Waals surface area (Å²) in [5.41, 5.74) is 8.55. The standard InChI is InChI=1S/C24H28N4O4S.2ClH/c1-28(2)24(29)19-7-4-6-17(14-19)18-10-11-22(32-3)23(15-18)33(30,31)27-21-9-5-8-20(16-21)26-13-12-25;;/h4-11,14-16,26-27H,12-13,25H2,1-3H3;2*1H. The molecule has 0 fully saturated rings. The maximum atomic E-state index is 13.3. The summed E-state index contributed by atoms with van der Waals surface area (Å²) >= 11 is 0. The first-order chi connectivity index (χ1) is 15.7. The van der Waals surface area contributed by atoms with Crippen molar-refractivity contribution in [2.45, 2.75) is 4.90 Å². The quantitative estimate of drug-likeness (QED) is 0.376. The Labute approximate surface area is 218 Å². The van der Waals surface area contributed by atoms with Gasteiger partial charge in [-0.1, -0.05) is 24.3 Å².